The quantitative estimate of drug-likeness (QED) is 0.902. The topological polar surface area (TPSA) is 102 Å². The maximum atomic E-state index is 12.6. The minimum Gasteiger partial charge on any atom is -0.368 e. The third kappa shape index (κ3) is 2.46. The molecule has 0 spiro atoms. The summed E-state index contributed by atoms with van der Waals surface area (Å²) in [6.45, 7) is 1.63. The monoisotopic (exact) mass is 288 g/mol. The number of amides is 2. The summed E-state index contributed by atoms with van der Waals surface area (Å²) < 4.78 is 5.20. The molecule has 1 fully saturated rings. The fourth-order valence-electron chi connectivity index (χ4n) is 2.38. The van der Waals surface area contributed by atoms with E-state index >= 15 is 0 Å². The van der Waals surface area contributed by atoms with Crippen molar-refractivity contribution < 1.29 is 14.1 Å². The van der Waals surface area contributed by atoms with Gasteiger partial charge in [0.05, 0.1) is 23.2 Å². The van der Waals surface area contributed by atoms with Crippen LogP contribution in [0.2, 0.25) is 0 Å². The molecular formula is C14H16N4O3. The van der Waals surface area contributed by atoms with Gasteiger partial charge < -0.3 is 15.2 Å². The van der Waals surface area contributed by atoms with Gasteiger partial charge in [-0.3, -0.25) is 9.59 Å². The third-order valence-corrected chi connectivity index (χ3v) is 3.60. The SMILES string of the molecule is Cc1noc2nc(C3CC3)cc(C(=O)N(C)CC(N)=O)c12. The molecule has 3 rings (SSSR count). The highest BCUT2D eigenvalue weighted by Gasteiger charge is 2.29. The molecule has 0 bridgehead atoms. The van der Waals surface area contributed by atoms with Crippen LogP contribution in [0.3, 0.4) is 0 Å². The van der Waals surface area contributed by atoms with Crippen LogP contribution >= 0.6 is 0 Å². The van der Waals surface area contributed by atoms with Gasteiger partial charge in [-0.05, 0) is 25.8 Å². The van der Waals surface area contributed by atoms with E-state index in [0.717, 1.165) is 18.5 Å². The number of fused-ring (bicyclic) bond motifs is 1. The number of hydrogen-bond donors (Lipinski definition) is 1. The molecule has 1 aliphatic rings. The number of nitrogens with two attached hydrogens (primary N) is 1. The van der Waals surface area contributed by atoms with Gasteiger partial charge in [-0.25, -0.2) is 4.98 Å². The molecule has 0 unspecified atom stereocenters. The molecule has 7 nitrogen and oxygen atoms in total. The zero-order valence-corrected chi connectivity index (χ0v) is 11.9. The van der Waals surface area contributed by atoms with Crippen molar-refractivity contribution in [1.29, 1.82) is 0 Å². The van der Waals surface area contributed by atoms with E-state index in [1.165, 1.54) is 4.90 Å². The lowest BCUT2D eigenvalue weighted by molar-refractivity contribution is -0.118. The lowest BCUT2D eigenvalue weighted by atomic mass is 10.1. The van der Waals surface area contributed by atoms with E-state index in [1.54, 1.807) is 20.0 Å². The van der Waals surface area contributed by atoms with Gasteiger partial charge in [0.1, 0.15) is 0 Å². The van der Waals surface area contributed by atoms with Gasteiger partial charge in [0.15, 0.2) is 0 Å². The van der Waals surface area contributed by atoms with Crippen molar-refractivity contribution in [2.75, 3.05) is 13.6 Å². The third-order valence-electron chi connectivity index (χ3n) is 3.60. The first kappa shape index (κ1) is 13.5. The standard InChI is InChI=1S/C14H16N4O3/c1-7-12-9(14(20)18(2)6-11(15)19)5-10(8-3-4-8)16-13(12)21-17-7/h5,8H,3-4,6H2,1-2H3,(H2,15,19). The van der Waals surface area contributed by atoms with Gasteiger partial charge in [-0.2, -0.15) is 0 Å². The van der Waals surface area contributed by atoms with Gasteiger partial charge in [-0.1, -0.05) is 5.16 Å². The summed E-state index contributed by atoms with van der Waals surface area (Å²) in [6, 6.07) is 1.78. The van der Waals surface area contributed by atoms with Crippen molar-refractivity contribution in [3.05, 3.63) is 23.0 Å². The number of carbonyl (C=O) groups excluding carboxylic acids is 2. The fourth-order valence-corrected chi connectivity index (χ4v) is 2.38. The van der Waals surface area contributed by atoms with Crippen LogP contribution in [-0.4, -0.2) is 40.4 Å². The molecule has 110 valence electrons. The molecular weight excluding hydrogens is 272 g/mol. The summed E-state index contributed by atoms with van der Waals surface area (Å²) in [7, 11) is 1.54. The van der Waals surface area contributed by atoms with E-state index in [4.69, 9.17) is 10.3 Å². The minimum atomic E-state index is -0.555. The number of primary amides is 1. The van der Waals surface area contributed by atoms with Crippen LogP contribution < -0.4 is 5.73 Å². The number of aryl methyl sites for hydroxylation is 1. The largest absolute Gasteiger partial charge is 0.368 e. The molecule has 1 aliphatic carbocycles. The molecule has 2 N–H and O–H groups in total. The van der Waals surface area contributed by atoms with Crippen LogP contribution in [0.25, 0.3) is 11.1 Å². The van der Waals surface area contributed by atoms with Crippen LogP contribution in [0.1, 0.15) is 40.5 Å². The molecule has 0 radical (unpaired) electrons. The van der Waals surface area contributed by atoms with Gasteiger partial charge in [-0.15, -0.1) is 0 Å². The van der Waals surface area contributed by atoms with Gasteiger partial charge in [0, 0.05) is 18.7 Å². The van der Waals surface area contributed by atoms with Crippen LogP contribution in [0.4, 0.5) is 0 Å². The summed E-state index contributed by atoms with van der Waals surface area (Å²) in [6.07, 6.45) is 2.13. The van der Waals surface area contributed by atoms with E-state index in [-0.39, 0.29) is 12.5 Å². The predicted molar refractivity (Wildman–Crippen MR) is 74.7 cm³/mol. The van der Waals surface area contributed by atoms with E-state index in [9.17, 15) is 9.59 Å². The van der Waals surface area contributed by atoms with E-state index < -0.39 is 5.91 Å². The molecule has 2 aromatic heterocycles. The zero-order chi connectivity index (χ0) is 15.1. The van der Waals surface area contributed by atoms with Crippen LogP contribution in [0, 0.1) is 6.92 Å². The Morgan fingerprint density at radius 3 is 2.81 bits per heavy atom. The highest BCUT2D eigenvalue weighted by molar-refractivity contribution is 6.06. The average molecular weight is 288 g/mol. The fraction of sp³-hybridized carbons (Fsp3) is 0.429. The molecule has 21 heavy (non-hydrogen) atoms. The molecule has 7 heteroatoms. The molecule has 0 atom stereocenters. The Kier molecular flexibility index (Phi) is 3.12. The van der Waals surface area contributed by atoms with Crippen molar-refractivity contribution in [2.45, 2.75) is 25.7 Å². The summed E-state index contributed by atoms with van der Waals surface area (Å²) in [5, 5.41) is 4.48. The van der Waals surface area contributed by atoms with Crippen LogP contribution in [-0.2, 0) is 4.79 Å². The van der Waals surface area contributed by atoms with Crippen molar-refractivity contribution in [3.63, 3.8) is 0 Å². The van der Waals surface area contributed by atoms with Crippen molar-refractivity contribution in [1.82, 2.24) is 15.0 Å². The second kappa shape index (κ2) is 4.83. The molecule has 0 aliphatic heterocycles. The Morgan fingerprint density at radius 1 is 1.48 bits per heavy atom. The smallest absolute Gasteiger partial charge is 0.259 e. The highest BCUT2D eigenvalue weighted by atomic mass is 16.5. The van der Waals surface area contributed by atoms with Gasteiger partial charge in [0.2, 0.25) is 5.91 Å². The summed E-state index contributed by atoms with van der Waals surface area (Å²) in [4.78, 5) is 29.3. The zero-order valence-electron chi connectivity index (χ0n) is 11.9. The van der Waals surface area contributed by atoms with Crippen molar-refractivity contribution >= 4 is 22.9 Å². The van der Waals surface area contributed by atoms with E-state index in [0.29, 0.717) is 28.3 Å². The Bertz CT molecular complexity index is 733. The second-order valence-corrected chi connectivity index (χ2v) is 5.44. The molecule has 2 amide bonds. The van der Waals surface area contributed by atoms with Gasteiger partial charge >= 0.3 is 0 Å². The summed E-state index contributed by atoms with van der Waals surface area (Å²) in [5.74, 6) is -0.456. The van der Waals surface area contributed by atoms with Crippen LogP contribution in [0.5, 0.6) is 0 Å². The highest BCUT2D eigenvalue weighted by Crippen LogP contribution is 2.40. The molecule has 0 saturated heterocycles. The second-order valence-electron chi connectivity index (χ2n) is 5.44. The Hall–Kier alpha value is -2.44. The molecule has 1 saturated carbocycles. The summed E-state index contributed by atoms with van der Waals surface area (Å²) >= 11 is 0. The number of carbonyl (C=O) groups is 2. The maximum Gasteiger partial charge on any atom is 0.259 e. The van der Waals surface area contributed by atoms with E-state index in [1.807, 2.05) is 0 Å². The van der Waals surface area contributed by atoms with Gasteiger partial charge in [0.25, 0.3) is 11.6 Å². The lowest BCUT2D eigenvalue weighted by Gasteiger charge is -2.16. The number of likely N-dealkylation sites (N-methyl/N-ethyl adjacent to an activating group) is 1. The first-order valence-corrected chi connectivity index (χ1v) is 6.78. The van der Waals surface area contributed by atoms with Crippen molar-refractivity contribution in [3.8, 4) is 0 Å². The van der Waals surface area contributed by atoms with Crippen LogP contribution in [0.15, 0.2) is 10.6 Å². The molecule has 2 aromatic rings. The predicted octanol–water partition coefficient (Wildman–Crippen LogP) is 0.966. The summed E-state index contributed by atoms with van der Waals surface area (Å²) in [5.41, 5.74) is 7.42. The Morgan fingerprint density at radius 2 is 2.19 bits per heavy atom. The number of rotatable bonds is 4. The first-order chi connectivity index (χ1) is 9.97. The molecule has 2 heterocycles. The Labute approximate surface area is 121 Å². The maximum absolute atomic E-state index is 12.6. The molecule has 0 aromatic carbocycles. The lowest BCUT2D eigenvalue weighted by Crippen LogP contribution is -2.35. The van der Waals surface area contributed by atoms with E-state index in [2.05, 4.69) is 10.1 Å². The van der Waals surface area contributed by atoms with Crippen molar-refractivity contribution in [2.24, 2.45) is 5.73 Å². The number of nitrogens with zero attached hydrogens (tertiary/aromatic N) is 3. The number of hydrogen-bond acceptors (Lipinski definition) is 5. The Balaban J connectivity index is 2.08. The minimum absolute atomic E-state index is 0.133. The normalized spacial score (nSPS) is 14.4. The average Bonchev–Trinajstić information content (AvgIpc) is 3.21. The number of pyridine rings is 1. The number of aromatic nitrogens is 2. The first-order valence-electron chi connectivity index (χ1n) is 6.78.